The van der Waals surface area contributed by atoms with Crippen LogP contribution in [-0.4, -0.2) is 43.9 Å². The lowest BCUT2D eigenvalue weighted by atomic mass is 10.8. The van der Waals surface area contributed by atoms with Crippen LogP contribution in [0.15, 0.2) is 0 Å². The molecule has 0 heterocycles. The molecule has 0 saturated carbocycles. The van der Waals surface area contributed by atoms with Crippen molar-refractivity contribution in [1.82, 2.24) is 4.67 Å². The fourth-order valence-corrected chi connectivity index (χ4v) is 7.14. The Kier molecular flexibility index (Phi) is 10.8. The molecule has 0 bridgehead atoms. The second-order valence-electron chi connectivity index (χ2n) is 3.71. The predicted molar refractivity (Wildman–Crippen MR) is 85.6 cm³/mol. The van der Waals surface area contributed by atoms with E-state index in [1.807, 2.05) is 20.8 Å². The van der Waals surface area contributed by atoms with Crippen LogP contribution in [0.5, 0.6) is 0 Å². The molecule has 0 aromatic rings. The number of hydrogen-bond acceptors (Lipinski definition) is 6. The second-order valence-corrected chi connectivity index (χ2v) is 9.14. The summed E-state index contributed by atoms with van der Waals surface area (Å²) in [6.07, 6.45) is 0.0858. The zero-order chi connectivity index (χ0) is 15.6. The highest BCUT2D eigenvalue weighted by Gasteiger charge is 2.35. The monoisotopic (exact) mass is 347 g/mol. The molecule has 0 spiro atoms. The van der Waals surface area contributed by atoms with Crippen LogP contribution in [0.4, 0.5) is 0 Å². The van der Waals surface area contributed by atoms with Crippen molar-refractivity contribution < 1.29 is 22.7 Å². The zero-order valence-electron chi connectivity index (χ0n) is 13.0. The minimum Gasteiger partial charge on any atom is -0.318 e. The van der Waals surface area contributed by atoms with E-state index in [4.69, 9.17) is 29.9 Å². The zero-order valence-corrected chi connectivity index (χ0v) is 15.6. The van der Waals surface area contributed by atoms with Gasteiger partial charge in [0.1, 0.15) is 6.29 Å². The van der Waals surface area contributed by atoms with Gasteiger partial charge in [-0.25, -0.2) is 4.67 Å². The number of nitrogens with zero attached hydrogens (tertiary/aromatic N) is 1. The Balaban J connectivity index is 5.12. The van der Waals surface area contributed by atoms with Gasteiger partial charge < -0.3 is 18.1 Å². The van der Waals surface area contributed by atoms with E-state index in [1.54, 1.807) is 18.5 Å². The first-order chi connectivity index (χ1) is 9.41. The molecule has 6 nitrogen and oxygen atoms in total. The molecule has 0 saturated heterocycles. The molecule has 122 valence electrons. The molecular formula is C11H27NO5P2S. The van der Waals surface area contributed by atoms with Crippen molar-refractivity contribution in [2.45, 2.75) is 34.6 Å². The Morgan fingerprint density at radius 1 is 0.850 bits per heavy atom. The van der Waals surface area contributed by atoms with Gasteiger partial charge in [0, 0.05) is 6.54 Å². The van der Waals surface area contributed by atoms with Crippen LogP contribution in [0.3, 0.4) is 0 Å². The van der Waals surface area contributed by atoms with Crippen molar-refractivity contribution in [3.05, 3.63) is 0 Å². The van der Waals surface area contributed by atoms with E-state index in [9.17, 15) is 4.57 Å². The molecule has 0 aromatic carbocycles. The molecule has 0 rings (SSSR count). The van der Waals surface area contributed by atoms with Crippen molar-refractivity contribution in [1.29, 1.82) is 0 Å². The van der Waals surface area contributed by atoms with Crippen LogP contribution < -0.4 is 0 Å². The van der Waals surface area contributed by atoms with E-state index in [0.717, 1.165) is 0 Å². The first kappa shape index (κ1) is 20.7. The molecule has 0 aromatic heterocycles. The summed E-state index contributed by atoms with van der Waals surface area (Å²) >= 11 is 5.52. The standard InChI is InChI=1S/C11H27NO5P2S/c1-6-12(19(20,16-9-4)17-10-5)11-18(13,14-7-2)15-8-3/h6-11H2,1-5H3. The van der Waals surface area contributed by atoms with Crippen LogP contribution >= 0.6 is 14.2 Å². The number of rotatable bonds is 12. The molecule has 0 atom stereocenters. The first-order valence-electron chi connectivity index (χ1n) is 6.93. The topological polar surface area (TPSA) is 57.2 Å². The SMILES string of the molecule is CCOP(=O)(CN(CC)P(=S)(OCC)OCC)OCC. The summed E-state index contributed by atoms with van der Waals surface area (Å²) in [6.45, 7) is 8.65. The fraction of sp³-hybridized carbons (Fsp3) is 1.00. The average Bonchev–Trinajstić information content (AvgIpc) is 2.37. The highest BCUT2D eigenvalue weighted by molar-refractivity contribution is 8.08. The third-order valence-electron chi connectivity index (χ3n) is 2.28. The van der Waals surface area contributed by atoms with Gasteiger partial charge in [0.05, 0.1) is 26.4 Å². The van der Waals surface area contributed by atoms with Gasteiger partial charge in [-0.2, -0.15) is 0 Å². The summed E-state index contributed by atoms with van der Waals surface area (Å²) in [5.41, 5.74) is 0. The lowest BCUT2D eigenvalue weighted by molar-refractivity contribution is 0.194. The third kappa shape index (κ3) is 6.63. The molecule has 0 N–H and O–H groups in total. The van der Waals surface area contributed by atoms with Crippen molar-refractivity contribution in [3.8, 4) is 0 Å². The molecule has 9 heteroatoms. The summed E-state index contributed by atoms with van der Waals surface area (Å²) in [5, 5.41) is 0. The largest absolute Gasteiger partial charge is 0.345 e. The van der Waals surface area contributed by atoms with Gasteiger partial charge >= 0.3 is 7.60 Å². The highest BCUT2D eigenvalue weighted by Crippen LogP contribution is 2.58. The molecule has 0 aliphatic heterocycles. The Hall–Kier alpha value is 0.680. The van der Waals surface area contributed by atoms with E-state index in [1.165, 1.54) is 0 Å². The summed E-state index contributed by atoms with van der Waals surface area (Å²) in [7, 11) is -3.21. The maximum Gasteiger partial charge on any atom is 0.345 e. The summed E-state index contributed by atoms with van der Waals surface area (Å²) in [4.78, 5) is 0. The van der Waals surface area contributed by atoms with Crippen LogP contribution in [0.2, 0.25) is 0 Å². The molecule has 0 unspecified atom stereocenters. The van der Waals surface area contributed by atoms with Crippen molar-refractivity contribution in [3.63, 3.8) is 0 Å². The molecule has 20 heavy (non-hydrogen) atoms. The van der Waals surface area contributed by atoms with Gasteiger partial charge in [-0.1, -0.05) is 6.92 Å². The molecule has 0 radical (unpaired) electrons. The quantitative estimate of drug-likeness (QED) is 0.497. The van der Waals surface area contributed by atoms with Crippen molar-refractivity contribution >= 4 is 26.0 Å². The summed E-state index contributed by atoms with van der Waals surface area (Å²) in [5.74, 6) is 0. The van der Waals surface area contributed by atoms with Gasteiger partial charge in [-0.05, 0) is 39.5 Å². The highest BCUT2D eigenvalue weighted by atomic mass is 32.5. The van der Waals surface area contributed by atoms with Gasteiger partial charge in [0.25, 0.3) is 6.64 Å². The van der Waals surface area contributed by atoms with Crippen LogP contribution in [0.1, 0.15) is 34.6 Å². The van der Waals surface area contributed by atoms with Crippen LogP contribution in [-0.2, 0) is 34.5 Å². The minimum absolute atomic E-state index is 0.0858. The smallest absolute Gasteiger partial charge is 0.318 e. The summed E-state index contributed by atoms with van der Waals surface area (Å²) in [6, 6.07) is 0. The van der Waals surface area contributed by atoms with Crippen molar-refractivity contribution in [2.75, 3.05) is 39.3 Å². The minimum atomic E-state index is -3.21. The third-order valence-corrected chi connectivity index (χ3v) is 8.11. The first-order valence-corrected chi connectivity index (χ1v) is 11.3. The molecule has 0 aliphatic carbocycles. The van der Waals surface area contributed by atoms with E-state index in [0.29, 0.717) is 33.0 Å². The lowest BCUT2D eigenvalue weighted by Gasteiger charge is -2.33. The van der Waals surface area contributed by atoms with E-state index < -0.39 is 14.2 Å². The Bertz CT molecular complexity index is 336. The van der Waals surface area contributed by atoms with E-state index in [-0.39, 0.29) is 6.29 Å². The van der Waals surface area contributed by atoms with Gasteiger partial charge in [-0.3, -0.25) is 4.57 Å². The predicted octanol–water partition coefficient (Wildman–Crippen LogP) is 3.83. The molecular weight excluding hydrogens is 320 g/mol. The van der Waals surface area contributed by atoms with Gasteiger partial charge in [-0.15, -0.1) is 0 Å². The molecule has 0 aliphatic rings. The van der Waals surface area contributed by atoms with Gasteiger partial charge in [0.15, 0.2) is 0 Å². The Labute approximate surface area is 127 Å². The van der Waals surface area contributed by atoms with E-state index in [2.05, 4.69) is 0 Å². The Morgan fingerprint density at radius 3 is 1.55 bits per heavy atom. The lowest BCUT2D eigenvalue weighted by Crippen LogP contribution is -2.25. The maximum absolute atomic E-state index is 12.6. The summed E-state index contributed by atoms with van der Waals surface area (Å²) < 4.78 is 36.2. The molecule has 0 amide bonds. The van der Waals surface area contributed by atoms with Crippen LogP contribution in [0.25, 0.3) is 0 Å². The normalized spacial score (nSPS) is 13.1. The second kappa shape index (κ2) is 10.4. The van der Waals surface area contributed by atoms with Crippen molar-refractivity contribution in [2.24, 2.45) is 0 Å². The fourth-order valence-electron chi connectivity index (χ4n) is 1.59. The molecule has 0 fully saturated rings. The van der Waals surface area contributed by atoms with Crippen LogP contribution in [0, 0.1) is 0 Å². The van der Waals surface area contributed by atoms with E-state index >= 15 is 0 Å². The maximum atomic E-state index is 12.6. The number of hydrogen-bond donors (Lipinski definition) is 0. The Morgan fingerprint density at radius 2 is 1.25 bits per heavy atom. The average molecular weight is 347 g/mol. The van der Waals surface area contributed by atoms with Gasteiger partial charge in [0.2, 0.25) is 0 Å².